The van der Waals surface area contributed by atoms with Crippen LogP contribution in [0.4, 0.5) is 10.5 Å². The molecule has 3 amide bonds. The highest BCUT2D eigenvalue weighted by molar-refractivity contribution is 8.06. The molecule has 2 heterocycles. The summed E-state index contributed by atoms with van der Waals surface area (Å²) in [7, 11) is -3.48. The van der Waals surface area contributed by atoms with Crippen LogP contribution >= 0.6 is 0 Å². The van der Waals surface area contributed by atoms with Gasteiger partial charge in [-0.15, -0.1) is 4.36 Å². The number of hydrazone groups is 1. The third-order valence-corrected chi connectivity index (χ3v) is 7.08. The summed E-state index contributed by atoms with van der Waals surface area (Å²) in [5.74, 6) is -0.178. The van der Waals surface area contributed by atoms with E-state index < -0.39 is 22.0 Å². The molecule has 0 radical (unpaired) electrons. The van der Waals surface area contributed by atoms with E-state index in [1.54, 1.807) is 5.01 Å². The highest BCUT2D eigenvalue weighted by Gasteiger charge is 2.38. The van der Waals surface area contributed by atoms with Crippen LogP contribution < -0.4 is 15.8 Å². The molecule has 0 bridgehead atoms. The van der Waals surface area contributed by atoms with Crippen LogP contribution in [0, 0.1) is 0 Å². The van der Waals surface area contributed by atoms with E-state index in [-0.39, 0.29) is 17.4 Å². The van der Waals surface area contributed by atoms with Gasteiger partial charge in [0, 0.05) is 18.7 Å². The van der Waals surface area contributed by atoms with Crippen molar-refractivity contribution in [1.29, 1.82) is 0 Å². The van der Waals surface area contributed by atoms with E-state index in [9.17, 15) is 13.8 Å². The predicted molar refractivity (Wildman–Crippen MR) is 101 cm³/mol. The fraction of sp³-hybridized carbons (Fsp3) is 0.471. The third-order valence-electron chi connectivity index (χ3n) is 5.71. The van der Waals surface area contributed by atoms with Gasteiger partial charge in [-0.3, -0.25) is 9.80 Å². The summed E-state index contributed by atoms with van der Waals surface area (Å²) < 4.78 is 16.6. The molecule has 142 valence electrons. The number of carbonyl (C=O) groups is 2. The Hall–Kier alpha value is -2.46. The summed E-state index contributed by atoms with van der Waals surface area (Å²) in [4.78, 5) is 24.3. The normalized spacial score (nSPS) is 24.2. The number of aryl methyl sites for hydroxylation is 2. The van der Waals surface area contributed by atoms with Crippen molar-refractivity contribution in [2.24, 2.45) is 14.6 Å². The summed E-state index contributed by atoms with van der Waals surface area (Å²) in [6.07, 6.45) is 4.01. The maximum atomic E-state index is 12.8. The number of fused-ring (bicyclic) bond motifs is 3. The van der Waals surface area contributed by atoms with E-state index in [2.05, 4.69) is 26.2 Å². The lowest BCUT2D eigenvalue weighted by atomic mass is 9.76. The fourth-order valence-electron chi connectivity index (χ4n) is 4.08. The molecular formula is C17H20N6O3S. The summed E-state index contributed by atoms with van der Waals surface area (Å²) in [5, 5.41) is 17.2. The van der Waals surface area contributed by atoms with Crippen LogP contribution in [0.5, 0.6) is 0 Å². The first-order valence-corrected chi connectivity index (χ1v) is 10.6. The Morgan fingerprint density at radius 1 is 1.30 bits per heavy atom. The van der Waals surface area contributed by atoms with E-state index in [0.29, 0.717) is 13.1 Å². The number of nitrogens with one attached hydrogen (secondary N) is 2. The number of urea groups is 1. The van der Waals surface area contributed by atoms with Gasteiger partial charge < -0.3 is 10.6 Å². The molecule has 2 unspecified atom stereocenters. The highest BCUT2D eigenvalue weighted by atomic mass is 32.2. The lowest BCUT2D eigenvalue weighted by Crippen LogP contribution is -2.51. The van der Waals surface area contributed by atoms with Gasteiger partial charge in [-0.25, -0.2) is 14.1 Å². The Bertz CT molecular complexity index is 1010. The Kier molecular flexibility index (Phi) is 3.57. The monoisotopic (exact) mass is 388 g/mol. The number of hydrogen-bond donors (Lipinski definition) is 3. The molecule has 1 aromatic carbocycles. The number of anilines is 1. The minimum absolute atomic E-state index is 0.0915. The molecule has 9 nitrogen and oxygen atoms in total. The first kappa shape index (κ1) is 16.7. The SMILES string of the molecule is NS(=O)(=NC(=O)Nc1c2c(cc3c1CC3)CC2)C1=NN2CCNC(=O)C2C1. The van der Waals surface area contributed by atoms with Gasteiger partial charge in [-0.1, -0.05) is 6.07 Å². The Labute approximate surface area is 156 Å². The Morgan fingerprint density at radius 3 is 2.59 bits per heavy atom. The molecule has 1 saturated heterocycles. The minimum atomic E-state index is -3.48. The number of carbonyl (C=O) groups excluding carboxylic acids is 2. The van der Waals surface area contributed by atoms with Gasteiger partial charge >= 0.3 is 6.03 Å². The first-order valence-electron chi connectivity index (χ1n) is 9.06. The predicted octanol–water partition coefficient (Wildman–Crippen LogP) is 0.275. The molecule has 0 aromatic heterocycles. The van der Waals surface area contributed by atoms with Crippen LogP contribution in [0.25, 0.3) is 0 Å². The van der Waals surface area contributed by atoms with Crippen molar-refractivity contribution in [3.8, 4) is 0 Å². The van der Waals surface area contributed by atoms with Crippen molar-refractivity contribution in [2.45, 2.75) is 38.1 Å². The summed E-state index contributed by atoms with van der Waals surface area (Å²) >= 11 is 0. The zero-order valence-corrected chi connectivity index (χ0v) is 15.5. The van der Waals surface area contributed by atoms with Gasteiger partial charge in [0.1, 0.15) is 6.04 Å². The molecule has 4 aliphatic rings. The molecule has 5 rings (SSSR count). The van der Waals surface area contributed by atoms with E-state index in [4.69, 9.17) is 5.14 Å². The van der Waals surface area contributed by atoms with Gasteiger partial charge in [-0.2, -0.15) is 5.10 Å². The molecule has 0 saturated carbocycles. The second-order valence-electron chi connectivity index (χ2n) is 7.28. The Balaban J connectivity index is 1.39. The van der Waals surface area contributed by atoms with E-state index in [1.807, 2.05) is 0 Å². The zero-order chi connectivity index (χ0) is 18.8. The van der Waals surface area contributed by atoms with Crippen molar-refractivity contribution < 1.29 is 13.8 Å². The van der Waals surface area contributed by atoms with Gasteiger partial charge in [0.2, 0.25) is 5.91 Å². The quantitative estimate of drug-likeness (QED) is 0.638. The summed E-state index contributed by atoms with van der Waals surface area (Å²) in [6.45, 7) is 0.990. The number of rotatable bonds is 1. The number of nitrogens with zero attached hydrogens (tertiary/aromatic N) is 3. The molecule has 27 heavy (non-hydrogen) atoms. The topological polar surface area (TPSA) is 129 Å². The number of nitrogens with two attached hydrogens (primary N) is 1. The molecule has 2 aliphatic carbocycles. The second-order valence-corrected chi connectivity index (χ2v) is 9.08. The van der Waals surface area contributed by atoms with Gasteiger partial charge in [0.05, 0.1) is 6.54 Å². The van der Waals surface area contributed by atoms with Crippen molar-refractivity contribution in [2.75, 3.05) is 18.4 Å². The summed E-state index contributed by atoms with van der Waals surface area (Å²) in [5.41, 5.74) is 5.63. The van der Waals surface area contributed by atoms with Crippen LogP contribution in [-0.4, -0.2) is 45.3 Å². The van der Waals surface area contributed by atoms with Crippen molar-refractivity contribution in [1.82, 2.24) is 10.3 Å². The number of piperazine rings is 1. The molecule has 1 fully saturated rings. The molecule has 10 heteroatoms. The number of amides is 3. The smallest absolute Gasteiger partial charge is 0.352 e. The van der Waals surface area contributed by atoms with Crippen LogP contribution in [0.3, 0.4) is 0 Å². The highest BCUT2D eigenvalue weighted by Crippen LogP contribution is 2.40. The van der Waals surface area contributed by atoms with Crippen LogP contribution in [0.2, 0.25) is 0 Å². The summed E-state index contributed by atoms with van der Waals surface area (Å²) in [6, 6.07) is 0.962. The minimum Gasteiger partial charge on any atom is -0.352 e. The largest absolute Gasteiger partial charge is 0.354 e. The van der Waals surface area contributed by atoms with Crippen LogP contribution in [-0.2, 0) is 40.4 Å². The zero-order valence-electron chi connectivity index (χ0n) is 14.7. The average Bonchev–Trinajstić information content (AvgIpc) is 2.98. The van der Waals surface area contributed by atoms with Gasteiger partial charge in [-0.05, 0) is 47.9 Å². The molecule has 0 spiro atoms. The molecule has 2 aliphatic heterocycles. The number of hydrogen-bond acceptors (Lipinski definition) is 5. The van der Waals surface area contributed by atoms with Crippen LogP contribution in [0.15, 0.2) is 15.5 Å². The molecule has 4 N–H and O–H groups in total. The standard InChI is InChI=1S/C17H20N6O3S/c18-27(26,14-8-13-16(24)19-5-6-23(13)21-14)22-17(25)20-15-11-3-1-9(11)7-10-2-4-12(10)15/h7,13H,1-6,8H2,(H,19,24)(H3,18,20,22,25,26). The van der Waals surface area contributed by atoms with Crippen molar-refractivity contribution >= 4 is 32.6 Å². The van der Waals surface area contributed by atoms with E-state index in [0.717, 1.165) is 42.5 Å². The first-order chi connectivity index (χ1) is 12.9. The molecular weight excluding hydrogens is 368 g/mol. The number of benzene rings is 1. The molecule has 2 atom stereocenters. The van der Waals surface area contributed by atoms with Crippen molar-refractivity contribution in [3.63, 3.8) is 0 Å². The van der Waals surface area contributed by atoms with Crippen LogP contribution in [0.1, 0.15) is 28.7 Å². The van der Waals surface area contributed by atoms with E-state index >= 15 is 0 Å². The fourth-order valence-corrected chi connectivity index (χ4v) is 5.09. The lowest BCUT2D eigenvalue weighted by Gasteiger charge is -2.31. The lowest BCUT2D eigenvalue weighted by molar-refractivity contribution is -0.128. The van der Waals surface area contributed by atoms with Gasteiger partial charge in [0.15, 0.2) is 15.0 Å². The van der Waals surface area contributed by atoms with E-state index in [1.165, 1.54) is 11.1 Å². The maximum absolute atomic E-state index is 12.8. The second kappa shape index (κ2) is 5.77. The van der Waals surface area contributed by atoms with Gasteiger partial charge in [0.25, 0.3) is 0 Å². The Morgan fingerprint density at radius 2 is 2.00 bits per heavy atom. The average molecular weight is 388 g/mol. The maximum Gasteiger partial charge on any atom is 0.354 e. The van der Waals surface area contributed by atoms with Crippen molar-refractivity contribution in [3.05, 3.63) is 28.3 Å². The third kappa shape index (κ3) is 2.62. The molecule has 1 aromatic rings.